The highest BCUT2D eigenvalue weighted by atomic mass is 32.2. The molecule has 0 aliphatic rings. The molecular weight excluding hydrogens is 322 g/mol. The number of nitrogens with one attached hydrogen (secondary N) is 1. The maximum Gasteiger partial charge on any atom is 0.252 e. The molecule has 0 aliphatic heterocycles. The van der Waals surface area contributed by atoms with Crippen LogP contribution < -0.4 is 15.2 Å². The number of nitrogens with zero attached hydrogens (tertiary/aromatic N) is 3. The van der Waals surface area contributed by atoms with Crippen LogP contribution in [0.2, 0.25) is 0 Å². The number of hydrogen-bond acceptors (Lipinski definition) is 6. The Hall–Kier alpha value is -2.46. The third-order valence-corrected chi connectivity index (χ3v) is 4.53. The second kappa shape index (κ2) is 7.20. The molecule has 3 N–H and O–H groups in total. The monoisotopic (exact) mass is 339 g/mol. The molecule has 0 unspecified atom stereocenters. The fourth-order valence-electron chi connectivity index (χ4n) is 1.93. The van der Waals surface area contributed by atoms with Crippen molar-refractivity contribution >= 4 is 15.9 Å². The van der Waals surface area contributed by atoms with Gasteiger partial charge in [-0.15, -0.1) is 0 Å². The molecule has 10 heteroatoms. The number of nitrogens with two attached hydrogens (primary N) is 1. The number of carbonyl (C=O) groups is 1. The maximum atomic E-state index is 12.2. The number of carbonyl (C=O) groups excluding carboxylic acids is 1. The average Bonchev–Trinajstić information content (AvgIpc) is 3.04. The highest BCUT2D eigenvalue weighted by Gasteiger charge is 2.18. The van der Waals surface area contributed by atoms with Crippen LogP contribution in [0.1, 0.15) is 16.8 Å². The predicted molar refractivity (Wildman–Crippen MR) is 81.3 cm³/mol. The summed E-state index contributed by atoms with van der Waals surface area (Å²) in [5.41, 5.74) is 5.24. The van der Waals surface area contributed by atoms with Crippen molar-refractivity contribution in [2.24, 2.45) is 5.73 Å². The number of hydrogen-bond donors (Lipinski definition) is 2. The standard InChI is InChI=1S/C13H17N5O4S/c1-22-12-4-3-10(7-11(12)13(14)19)23(20,21)17-5-2-6-18-9-15-8-16-18/h3-4,7-9,17H,2,5-6H2,1H3,(H2,14,19). The largest absolute Gasteiger partial charge is 0.496 e. The Morgan fingerprint density at radius 2 is 2.22 bits per heavy atom. The zero-order valence-corrected chi connectivity index (χ0v) is 13.3. The van der Waals surface area contributed by atoms with Crippen molar-refractivity contribution in [2.75, 3.05) is 13.7 Å². The molecule has 1 amide bonds. The SMILES string of the molecule is COc1ccc(S(=O)(=O)NCCCn2cncn2)cc1C(N)=O. The zero-order valence-electron chi connectivity index (χ0n) is 12.5. The lowest BCUT2D eigenvalue weighted by atomic mass is 10.2. The van der Waals surface area contributed by atoms with Crippen LogP contribution in [-0.2, 0) is 16.6 Å². The van der Waals surface area contributed by atoms with Crippen molar-refractivity contribution in [1.82, 2.24) is 19.5 Å². The number of aromatic nitrogens is 3. The highest BCUT2D eigenvalue weighted by molar-refractivity contribution is 7.89. The van der Waals surface area contributed by atoms with Gasteiger partial charge in [-0.25, -0.2) is 18.1 Å². The molecule has 1 aromatic heterocycles. The molecule has 9 nitrogen and oxygen atoms in total. The van der Waals surface area contributed by atoms with Gasteiger partial charge < -0.3 is 10.5 Å². The third-order valence-electron chi connectivity index (χ3n) is 3.07. The number of primary amides is 1. The van der Waals surface area contributed by atoms with Gasteiger partial charge in [-0.3, -0.25) is 9.48 Å². The topological polar surface area (TPSA) is 129 Å². The van der Waals surface area contributed by atoms with E-state index in [1.807, 2.05) is 0 Å². The summed E-state index contributed by atoms with van der Waals surface area (Å²) >= 11 is 0. The minimum absolute atomic E-state index is 0.0120. The van der Waals surface area contributed by atoms with E-state index in [2.05, 4.69) is 14.8 Å². The van der Waals surface area contributed by atoms with Crippen molar-refractivity contribution in [2.45, 2.75) is 17.9 Å². The number of sulfonamides is 1. The molecule has 0 bridgehead atoms. The minimum atomic E-state index is -3.74. The summed E-state index contributed by atoms with van der Waals surface area (Å²) in [6, 6.07) is 3.94. The first kappa shape index (κ1) is 16.9. The van der Waals surface area contributed by atoms with Crippen molar-refractivity contribution < 1.29 is 17.9 Å². The molecule has 2 aromatic rings. The summed E-state index contributed by atoms with van der Waals surface area (Å²) in [5, 5.41) is 3.92. The summed E-state index contributed by atoms with van der Waals surface area (Å²) < 4.78 is 33.5. The van der Waals surface area contributed by atoms with E-state index in [0.29, 0.717) is 13.0 Å². The Bertz CT molecular complexity index is 774. The quantitative estimate of drug-likeness (QED) is 0.638. The van der Waals surface area contributed by atoms with E-state index in [1.54, 1.807) is 11.0 Å². The first-order valence-electron chi connectivity index (χ1n) is 6.74. The van der Waals surface area contributed by atoms with E-state index in [-0.39, 0.29) is 22.8 Å². The summed E-state index contributed by atoms with van der Waals surface area (Å²) in [4.78, 5) is 15.1. The lowest BCUT2D eigenvalue weighted by Gasteiger charge is -2.10. The number of methoxy groups -OCH3 is 1. The van der Waals surface area contributed by atoms with Crippen LogP contribution in [0, 0.1) is 0 Å². The Morgan fingerprint density at radius 3 is 2.83 bits per heavy atom. The van der Waals surface area contributed by atoms with Crippen LogP contribution in [0.15, 0.2) is 35.7 Å². The predicted octanol–water partition coefficient (Wildman–Crippen LogP) is -0.246. The molecule has 0 saturated heterocycles. The fraction of sp³-hybridized carbons (Fsp3) is 0.308. The first-order chi connectivity index (χ1) is 10.9. The van der Waals surface area contributed by atoms with Crippen LogP contribution in [0.5, 0.6) is 5.75 Å². The molecule has 0 aliphatic carbocycles. The zero-order chi connectivity index (χ0) is 16.9. The van der Waals surface area contributed by atoms with E-state index in [9.17, 15) is 13.2 Å². The normalized spacial score (nSPS) is 11.3. The number of rotatable bonds is 8. The van der Waals surface area contributed by atoms with Crippen LogP contribution in [0.25, 0.3) is 0 Å². The number of aryl methyl sites for hydroxylation is 1. The Balaban J connectivity index is 2.04. The van der Waals surface area contributed by atoms with Crippen molar-refractivity contribution in [3.63, 3.8) is 0 Å². The van der Waals surface area contributed by atoms with Gasteiger partial charge in [0.15, 0.2) is 0 Å². The third kappa shape index (κ3) is 4.27. The summed E-state index contributed by atoms with van der Waals surface area (Å²) in [6.45, 7) is 0.762. The van der Waals surface area contributed by atoms with E-state index in [1.165, 1.54) is 31.6 Å². The van der Waals surface area contributed by atoms with E-state index in [0.717, 1.165) is 0 Å². The summed E-state index contributed by atoms with van der Waals surface area (Å²) in [5.74, 6) is -0.535. The van der Waals surface area contributed by atoms with Crippen molar-refractivity contribution in [3.8, 4) is 5.75 Å². The first-order valence-corrected chi connectivity index (χ1v) is 8.22. The molecular formula is C13H17N5O4S. The average molecular weight is 339 g/mol. The number of amides is 1. The van der Waals surface area contributed by atoms with Gasteiger partial charge in [0.1, 0.15) is 18.4 Å². The lowest BCUT2D eigenvalue weighted by molar-refractivity contribution is 0.0997. The van der Waals surface area contributed by atoms with Crippen LogP contribution in [-0.4, -0.2) is 42.7 Å². The summed E-state index contributed by atoms with van der Waals surface area (Å²) in [6.07, 6.45) is 3.51. The molecule has 23 heavy (non-hydrogen) atoms. The molecule has 0 fully saturated rings. The molecule has 0 spiro atoms. The van der Waals surface area contributed by atoms with Gasteiger partial charge >= 0.3 is 0 Å². The van der Waals surface area contributed by atoms with Crippen molar-refractivity contribution in [1.29, 1.82) is 0 Å². The van der Waals surface area contributed by atoms with Gasteiger partial charge in [0.2, 0.25) is 10.0 Å². The molecule has 0 saturated carbocycles. The van der Waals surface area contributed by atoms with E-state index < -0.39 is 15.9 Å². The van der Waals surface area contributed by atoms with Gasteiger partial charge in [-0.05, 0) is 24.6 Å². The molecule has 2 rings (SSSR count). The minimum Gasteiger partial charge on any atom is -0.496 e. The molecule has 0 atom stereocenters. The van der Waals surface area contributed by atoms with Gasteiger partial charge in [0.25, 0.3) is 5.91 Å². The summed E-state index contributed by atoms with van der Waals surface area (Å²) in [7, 11) is -2.37. The number of ether oxygens (including phenoxy) is 1. The second-order valence-electron chi connectivity index (χ2n) is 4.64. The van der Waals surface area contributed by atoms with Gasteiger partial charge in [0, 0.05) is 13.1 Å². The second-order valence-corrected chi connectivity index (χ2v) is 6.40. The van der Waals surface area contributed by atoms with Gasteiger partial charge in [-0.1, -0.05) is 0 Å². The smallest absolute Gasteiger partial charge is 0.252 e. The molecule has 1 heterocycles. The van der Waals surface area contributed by atoms with Crippen molar-refractivity contribution in [3.05, 3.63) is 36.4 Å². The van der Waals surface area contributed by atoms with Crippen LogP contribution in [0.3, 0.4) is 0 Å². The Kier molecular flexibility index (Phi) is 5.29. The molecule has 1 aromatic carbocycles. The Morgan fingerprint density at radius 1 is 1.43 bits per heavy atom. The highest BCUT2D eigenvalue weighted by Crippen LogP contribution is 2.21. The molecule has 0 radical (unpaired) electrons. The van der Waals surface area contributed by atoms with E-state index >= 15 is 0 Å². The van der Waals surface area contributed by atoms with Gasteiger partial charge in [-0.2, -0.15) is 5.10 Å². The fourth-order valence-corrected chi connectivity index (χ4v) is 3.03. The molecule has 124 valence electrons. The van der Waals surface area contributed by atoms with Crippen LogP contribution >= 0.6 is 0 Å². The maximum absolute atomic E-state index is 12.2. The van der Waals surface area contributed by atoms with Gasteiger partial charge in [0.05, 0.1) is 17.6 Å². The Labute approximate surface area is 133 Å². The lowest BCUT2D eigenvalue weighted by Crippen LogP contribution is -2.26. The van der Waals surface area contributed by atoms with E-state index in [4.69, 9.17) is 10.5 Å². The van der Waals surface area contributed by atoms with Crippen LogP contribution in [0.4, 0.5) is 0 Å². The number of benzene rings is 1.